The fourth-order valence-corrected chi connectivity index (χ4v) is 5.19. The number of fused-ring (bicyclic) bond motifs is 2. The molecule has 2 fully saturated rings. The van der Waals surface area contributed by atoms with Crippen molar-refractivity contribution in [2.75, 3.05) is 0 Å². The summed E-state index contributed by atoms with van der Waals surface area (Å²) in [5.41, 5.74) is 3.03. The van der Waals surface area contributed by atoms with E-state index in [4.69, 9.17) is 0 Å². The first-order valence-corrected chi connectivity index (χ1v) is 10.2. The van der Waals surface area contributed by atoms with Gasteiger partial charge >= 0.3 is 0 Å². The maximum Gasteiger partial charge on any atom is 0.251 e. The third-order valence-electron chi connectivity index (χ3n) is 6.61. The van der Waals surface area contributed by atoms with Crippen molar-refractivity contribution in [3.05, 3.63) is 65.0 Å². The van der Waals surface area contributed by atoms with Crippen LogP contribution < -0.4 is 5.32 Å². The van der Waals surface area contributed by atoms with Crippen LogP contribution in [0, 0.1) is 19.3 Å². The Hall–Kier alpha value is -2.49. The van der Waals surface area contributed by atoms with Crippen molar-refractivity contribution in [3.8, 4) is 0 Å². The minimum Gasteiger partial charge on any atom is -0.347 e. The maximum absolute atomic E-state index is 13.2. The number of hydrogen-bond donors (Lipinski definition) is 1. The Morgan fingerprint density at radius 1 is 1.04 bits per heavy atom. The topological polar surface area (TPSA) is 59.1 Å². The summed E-state index contributed by atoms with van der Waals surface area (Å²) < 4.78 is 0. The second-order valence-corrected chi connectivity index (χ2v) is 8.78. The Morgan fingerprint density at radius 3 is 2.64 bits per heavy atom. The zero-order valence-electron chi connectivity index (χ0n) is 16.8. The number of pyridine rings is 1. The zero-order chi connectivity index (χ0) is 19.8. The van der Waals surface area contributed by atoms with Gasteiger partial charge in [0.1, 0.15) is 5.78 Å². The molecule has 1 aromatic heterocycles. The summed E-state index contributed by atoms with van der Waals surface area (Å²) >= 11 is 0. The van der Waals surface area contributed by atoms with Gasteiger partial charge in [-0.3, -0.25) is 14.6 Å². The van der Waals surface area contributed by atoms with E-state index in [0.717, 1.165) is 55.5 Å². The Kier molecular flexibility index (Phi) is 4.82. The average Bonchev–Trinajstić information content (AvgIpc) is 2.93. The highest BCUT2D eigenvalue weighted by Crippen LogP contribution is 2.54. The van der Waals surface area contributed by atoms with Crippen LogP contribution in [0.15, 0.2) is 42.5 Å². The van der Waals surface area contributed by atoms with E-state index in [1.54, 1.807) is 0 Å². The van der Waals surface area contributed by atoms with E-state index >= 15 is 0 Å². The standard InChI is InChI=1S/C24H28N2O2/c1-17-6-3-8-19(14-17)22(28)26-24-11-5-10-23(16-24,12-13-24)21(27)15-20-9-4-7-18(2)25-20/h3-4,6-9,14H,5,10-13,15-16H2,1-2H3,(H,26,28). The van der Waals surface area contributed by atoms with Crippen molar-refractivity contribution in [3.63, 3.8) is 0 Å². The van der Waals surface area contributed by atoms with Gasteiger partial charge in [-0.05, 0) is 70.2 Å². The molecule has 4 nitrogen and oxygen atoms in total. The number of hydrogen-bond acceptors (Lipinski definition) is 3. The summed E-state index contributed by atoms with van der Waals surface area (Å²) in [4.78, 5) is 30.6. The van der Waals surface area contributed by atoms with Gasteiger partial charge in [-0.15, -0.1) is 0 Å². The molecule has 1 aromatic carbocycles. The van der Waals surface area contributed by atoms with E-state index in [2.05, 4.69) is 10.3 Å². The Bertz CT molecular complexity index is 922. The molecule has 4 rings (SSSR count). The third-order valence-corrected chi connectivity index (χ3v) is 6.61. The number of Topliss-reactive ketones (excluding diaryl/α,β-unsaturated/α-hetero) is 1. The third kappa shape index (κ3) is 3.60. The number of benzene rings is 1. The van der Waals surface area contributed by atoms with Gasteiger partial charge in [0.25, 0.3) is 5.91 Å². The Labute approximate surface area is 166 Å². The summed E-state index contributed by atoms with van der Waals surface area (Å²) in [5, 5.41) is 3.31. The Balaban J connectivity index is 1.49. The van der Waals surface area contributed by atoms with E-state index in [-0.39, 0.29) is 22.6 Å². The molecule has 2 aliphatic carbocycles. The molecule has 2 bridgehead atoms. The molecule has 2 saturated carbocycles. The number of carbonyl (C=O) groups is 2. The molecule has 0 aliphatic heterocycles. The minimum absolute atomic E-state index is 0.0193. The lowest BCUT2D eigenvalue weighted by Crippen LogP contribution is -2.50. The van der Waals surface area contributed by atoms with Gasteiger partial charge < -0.3 is 5.32 Å². The van der Waals surface area contributed by atoms with Gasteiger partial charge in [0.15, 0.2) is 0 Å². The molecule has 0 radical (unpaired) electrons. The lowest BCUT2D eigenvalue weighted by Gasteiger charge is -2.39. The van der Waals surface area contributed by atoms with Gasteiger partial charge in [-0.1, -0.05) is 30.2 Å². The molecular weight excluding hydrogens is 348 g/mol. The van der Waals surface area contributed by atoms with Crippen LogP contribution in [0.3, 0.4) is 0 Å². The number of carbonyl (C=O) groups excluding carboxylic acids is 2. The van der Waals surface area contributed by atoms with E-state index in [9.17, 15) is 9.59 Å². The SMILES string of the molecule is Cc1cccc(C(=O)NC23CCCC(C(=O)Cc4cccc(C)n4)(CC2)C3)c1. The summed E-state index contributed by atoms with van der Waals surface area (Å²) in [6, 6.07) is 13.5. The number of amides is 1. The smallest absolute Gasteiger partial charge is 0.251 e. The predicted molar refractivity (Wildman–Crippen MR) is 109 cm³/mol. The van der Waals surface area contributed by atoms with Crippen LogP contribution in [0.5, 0.6) is 0 Å². The molecule has 1 N–H and O–H groups in total. The lowest BCUT2D eigenvalue weighted by atomic mass is 9.69. The highest BCUT2D eigenvalue weighted by molar-refractivity contribution is 5.95. The monoisotopic (exact) mass is 376 g/mol. The van der Waals surface area contributed by atoms with Crippen LogP contribution in [0.2, 0.25) is 0 Å². The predicted octanol–water partition coefficient (Wildman–Crippen LogP) is 4.33. The lowest BCUT2D eigenvalue weighted by molar-refractivity contribution is -0.129. The van der Waals surface area contributed by atoms with Gasteiger partial charge in [0.2, 0.25) is 0 Å². The van der Waals surface area contributed by atoms with Crippen LogP contribution in [0.1, 0.15) is 65.8 Å². The van der Waals surface area contributed by atoms with Crippen molar-refractivity contribution in [2.45, 2.75) is 64.3 Å². The quantitative estimate of drug-likeness (QED) is 0.845. The number of aromatic nitrogens is 1. The van der Waals surface area contributed by atoms with Crippen molar-refractivity contribution in [1.29, 1.82) is 0 Å². The maximum atomic E-state index is 13.2. The number of rotatable bonds is 5. The van der Waals surface area contributed by atoms with Gasteiger partial charge in [-0.25, -0.2) is 0 Å². The van der Waals surface area contributed by atoms with Crippen LogP contribution in [0.25, 0.3) is 0 Å². The number of nitrogens with zero attached hydrogens (tertiary/aromatic N) is 1. The molecule has 2 unspecified atom stereocenters. The van der Waals surface area contributed by atoms with E-state index in [1.807, 2.05) is 56.3 Å². The minimum atomic E-state index is -0.302. The summed E-state index contributed by atoms with van der Waals surface area (Å²) in [6.07, 6.45) is 5.79. The van der Waals surface area contributed by atoms with Crippen molar-refractivity contribution in [1.82, 2.24) is 10.3 Å². The van der Waals surface area contributed by atoms with Crippen LogP contribution >= 0.6 is 0 Å². The first-order chi connectivity index (χ1) is 13.4. The van der Waals surface area contributed by atoms with Crippen molar-refractivity contribution >= 4 is 11.7 Å². The first-order valence-electron chi connectivity index (χ1n) is 10.2. The molecule has 0 spiro atoms. The van der Waals surface area contributed by atoms with Crippen LogP contribution in [-0.4, -0.2) is 22.2 Å². The number of nitrogens with one attached hydrogen (secondary N) is 1. The zero-order valence-corrected chi connectivity index (χ0v) is 16.8. The number of ketones is 1. The second-order valence-electron chi connectivity index (χ2n) is 8.78. The normalized spacial score (nSPS) is 26.1. The molecule has 0 saturated heterocycles. The summed E-state index contributed by atoms with van der Waals surface area (Å²) in [7, 11) is 0. The van der Waals surface area contributed by atoms with Crippen LogP contribution in [-0.2, 0) is 11.2 Å². The average molecular weight is 377 g/mol. The van der Waals surface area contributed by atoms with E-state index in [1.165, 1.54) is 0 Å². The fraction of sp³-hybridized carbons (Fsp3) is 0.458. The molecule has 28 heavy (non-hydrogen) atoms. The van der Waals surface area contributed by atoms with Crippen molar-refractivity contribution in [2.24, 2.45) is 5.41 Å². The molecule has 146 valence electrons. The highest BCUT2D eigenvalue weighted by atomic mass is 16.2. The van der Waals surface area contributed by atoms with E-state index < -0.39 is 0 Å². The molecule has 4 heteroatoms. The summed E-state index contributed by atoms with van der Waals surface area (Å²) in [5.74, 6) is 0.270. The first kappa shape index (κ1) is 18.9. The summed E-state index contributed by atoms with van der Waals surface area (Å²) in [6.45, 7) is 3.95. The molecule has 1 heterocycles. The molecular formula is C24H28N2O2. The van der Waals surface area contributed by atoms with Crippen LogP contribution in [0.4, 0.5) is 0 Å². The Morgan fingerprint density at radius 2 is 1.86 bits per heavy atom. The fourth-order valence-electron chi connectivity index (χ4n) is 5.19. The highest BCUT2D eigenvalue weighted by Gasteiger charge is 2.54. The molecule has 1 amide bonds. The van der Waals surface area contributed by atoms with E-state index in [0.29, 0.717) is 12.0 Å². The second kappa shape index (κ2) is 7.16. The van der Waals surface area contributed by atoms with Gasteiger partial charge in [0.05, 0.1) is 0 Å². The molecule has 2 aliphatic rings. The molecule has 2 aromatic rings. The van der Waals surface area contributed by atoms with Crippen molar-refractivity contribution < 1.29 is 9.59 Å². The van der Waals surface area contributed by atoms with Gasteiger partial charge in [0, 0.05) is 34.3 Å². The molecule has 2 atom stereocenters. The number of aryl methyl sites for hydroxylation is 2. The largest absolute Gasteiger partial charge is 0.347 e. The van der Waals surface area contributed by atoms with Gasteiger partial charge in [-0.2, -0.15) is 0 Å².